The van der Waals surface area contributed by atoms with Crippen molar-refractivity contribution in [2.45, 2.75) is 37.6 Å². The number of rotatable bonds is 6. The normalized spacial score (nSPS) is 17.4. The average Bonchev–Trinajstić information content (AvgIpc) is 2.55. The van der Waals surface area contributed by atoms with E-state index in [1.54, 1.807) is 12.1 Å². The maximum Gasteiger partial charge on any atom is 0.275 e. The highest BCUT2D eigenvalue weighted by atomic mass is 35.5. The molecule has 0 bridgehead atoms. The lowest BCUT2D eigenvalue weighted by Gasteiger charge is -2.32. The maximum atomic E-state index is 12.6. The lowest BCUT2D eigenvalue weighted by molar-refractivity contribution is -0.895. The van der Waals surface area contributed by atoms with Crippen molar-refractivity contribution in [1.82, 2.24) is 9.62 Å². The fourth-order valence-electron chi connectivity index (χ4n) is 2.71. The van der Waals surface area contributed by atoms with E-state index in [4.69, 9.17) is 11.6 Å². The summed E-state index contributed by atoms with van der Waals surface area (Å²) in [6, 6.07) is 6.21. The van der Waals surface area contributed by atoms with Crippen molar-refractivity contribution in [3.8, 4) is 0 Å². The van der Waals surface area contributed by atoms with Crippen molar-refractivity contribution in [2.24, 2.45) is 0 Å². The van der Waals surface area contributed by atoms with Crippen LogP contribution in [0, 0.1) is 0 Å². The summed E-state index contributed by atoms with van der Waals surface area (Å²) in [7, 11) is -3.50. The first kappa shape index (κ1) is 20.2. The van der Waals surface area contributed by atoms with E-state index in [1.165, 1.54) is 16.4 Å². The standard InChI is InChI=1S/C17H26ClN3O3S/c1-4-17(2,3)19-16(22)13-20-9-11-21(12-10-20)25(23,24)15-7-5-14(18)6-8-15/h5-8H,4,9-13H2,1-3H3,(H,19,22)/p+1. The summed E-state index contributed by atoms with van der Waals surface area (Å²) in [6.45, 7) is 8.45. The van der Waals surface area contributed by atoms with Crippen LogP contribution in [0.5, 0.6) is 0 Å². The van der Waals surface area contributed by atoms with Gasteiger partial charge in [-0.25, -0.2) is 8.42 Å². The van der Waals surface area contributed by atoms with Gasteiger partial charge in [0.15, 0.2) is 6.54 Å². The Kier molecular flexibility index (Phi) is 6.48. The molecule has 0 aromatic heterocycles. The van der Waals surface area contributed by atoms with Gasteiger partial charge >= 0.3 is 0 Å². The summed E-state index contributed by atoms with van der Waals surface area (Å²) in [5.74, 6) is 0.0101. The van der Waals surface area contributed by atoms with Crippen LogP contribution in [0.15, 0.2) is 29.2 Å². The maximum absolute atomic E-state index is 12.6. The van der Waals surface area contributed by atoms with Gasteiger partial charge in [0, 0.05) is 10.6 Å². The monoisotopic (exact) mass is 388 g/mol. The molecule has 1 amide bonds. The second-order valence-electron chi connectivity index (χ2n) is 7.07. The van der Waals surface area contributed by atoms with Gasteiger partial charge in [-0.3, -0.25) is 4.79 Å². The zero-order valence-corrected chi connectivity index (χ0v) is 16.6. The van der Waals surface area contributed by atoms with Crippen LogP contribution in [0.3, 0.4) is 0 Å². The molecule has 6 nitrogen and oxygen atoms in total. The molecule has 1 aliphatic rings. The van der Waals surface area contributed by atoms with Crippen LogP contribution in [0.2, 0.25) is 5.02 Å². The molecule has 0 aliphatic carbocycles. The van der Waals surface area contributed by atoms with E-state index >= 15 is 0 Å². The first-order valence-electron chi connectivity index (χ1n) is 8.54. The fraction of sp³-hybridized carbons (Fsp3) is 0.588. The minimum atomic E-state index is -3.50. The SMILES string of the molecule is CCC(C)(C)NC(=O)C[NH+]1CCN(S(=O)(=O)c2ccc(Cl)cc2)CC1. The van der Waals surface area contributed by atoms with Crippen molar-refractivity contribution in [3.63, 3.8) is 0 Å². The Morgan fingerprint density at radius 3 is 2.32 bits per heavy atom. The number of benzene rings is 1. The van der Waals surface area contributed by atoms with Gasteiger partial charge in [-0.15, -0.1) is 0 Å². The van der Waals surface area contributed by atoms with Gasteiger partial charge in [0.25, 0.3) is 5.91 Å². The van der Waals surface area contributed by atoms with Crippen molar-refractivity contribution in [1.29, 1.82) is 0 Å². The average molecular weight is 389 g/mol. The third-order valence-corrected chi connectivity index (χ3v) is 6.82. The zero-order valence-electron chi connectivity index (χ0n) is 15.0. The smallest absolute Gasteiger partial charge is 0.275 e. The number of carbonyl (C=O) groups excluding carboxylic acids is 1. The molecule has 140 valence electrons. The topological polar surface area (TPSA) is 70.9 Å². The van der Waals surface area contributed by atoms with Crippen LogP contribution < -0.4 is 10.2 Å². The Hall–Kier alpha value is -1.15. The molecule has 2 rings (SSSR count). The predicted octanol–water partition coefficient (Wildman–Crippen LogP) is 0.534. The number of quaternary nitrogens is 1. The number of sulfonamides is 1. The molecule has 0 atom stereocenters. The molecule has 25 heavy (non-hydrogen) atoms. The van der Waals surface area contributed by atoms with Gasteiger partial charge in [-0.2, -0.15) is 4.31 Å². The van der Waals surface area contributed by atoms with Gasteiger partial charge in [-0.05, 0) is 44.5 Å². The molecule has 0 spiro atoms. The molecule has 2 N–H and O–H groups in total. The third-order valence-electron chi connectivity index (χ3n) is 4.65. The minimum Gasteiger partial charge on any atom is -0.346 e. The van der Waals surface area contributed by atoms with Gasteiger partial charge in [0.05, 0.1) is 31.1 Å². The van der Waals surface area contributed by atoms with Crippen LogP contribution >= 0.6 is 11.6 Å². The molecule has 8 heteroatoms. The summed E-state index contributed by atoms with van der Waals surface area (Å²) in [6.07, 6.45) is 0.862. The number of halogens is 1. The van der Waals surface area contributed by atoms with E-state index in [-0.39, 0.29) is 16.3 Å². The molecular formula is C17H27ClN3O3S+. The van der Waals surface area contributed by atoms with Crippen LogP contribution in [0.1, 0.15) is 27.2 Å². The zero-order chi connectivity index (χ0) is 18.7. The lowest BCUT2D eigenvalue weighted by Crippen LogP contribution is -3.16. The van der Waals surface area contributed by atoms with E-state index < -0.39 is 10.0 Å². The number of hydrogen-bond acceptors (Lipinski definition) is 3. The van der Waals surface area contributed by atoms with Crippen LogP contribution in [-0.4, -0.2) is 56.9 Å². The molecule has 1 aliphatic heterocycles. The number of hydrogen-bond donors (Lipinski definition) is 2. The summed E-state index contributed by atoms with van der Waals surface area (Å²) in [5, 5.41) is 3.53. The number of nitrogens with zero attached hydrogens (tertiary/aromatic N) is 1. The van der Waals surface area contributed by atoms with Gasteiger partial charge in [-0.1, -0.05) is 18.5 Å². The summed E-state index contributed by atoms with van der Waals surface area (Å²) < 4.78 is 26.8. The molecular weight excluding hydrogens is 362 g/mol. The van der Waals surface area contributed by atoms with Gasteiger partial charge in [0.2, 0.25) is 10.0 Å². The van der Waals surface area contributed by atoms with Gasteiger partial charge in [0.1, 0.15) is 0 Å². The Labute approximate surface area is 155 Å². The summed E-state index contributed by atoms with van der Waals surface area (Å²) >= 11 is 5.82. The molecule has 0 unspecified atom stereocenters. The highest BCUT2D eigenvalue weighted by Gasteiger charge is 2.31. The molecule has 0 radical (unpaired) electrons. The Morgan fingerprint density at radius 1 is 1.24 bits per heavy atom. The largest absolute Gasteiger partial charge is 0.346 e. The number of carbonyl (C=O) groups is 1. The number of piperazine rings is 1. The van der Waals surface area contributed by atoms with E-state index in [0.717, 1.165) is 11.3 Å². The minimum absolute atomic E-state index is 0.0101. The predicted molar refractivity (Wildman–Crippen MR) is 98.3 cm³/mol. The van der Waals surface area contributed by atoms with E-state index in [2.05, 4.69) is 5.32 Å². The Bertz CT molecular complexity index is 696. The first-order valence-corrected chi connectivity index (χ1v) is 10.4. The van der Waals surface area contributed by atoms with E-state index in [9.17, 15) is 13.2 Å². The Balaban J connectivity index is 1.91. The van der Waals surface area contributed by atoms with E-state index in [0.29, 0.717) is 37.7 Å². The molecule has 1 aromatic carbocycles. The summed E-state index contributed by atoms with van der Waals surface area (Å²) in [5.41, 5.74) is -0.212. The molecule has 0 saturated carbocycles. The molecule has 1 saturated heterocycles. The second-order valence-corrected chi connectivity index (χ2v) is 9.44. The highest BCUT2D eigenvalue weighted by Crippen LogP contribution is 2.18. The quantitative estimate of drug-likeness (QED) is 0.747. The van der Waals surface area contributed by atoms with Crippen molar-refractivity contribution < 1.29 is 18.1 Å². The number of nitrogens with one attached hydrogen (secondary N) is 2. The van der Waals surface area contributed by atoms with E-state index in [1.807, 2.05) is 20.8 Å². The molecule has 1 heterocycles. The van der Waals surface area contributed by atoms with Crippen LogP contribution in [0.25, 0.3) is 0 Å². The van der Waals surface area contributed by atoms with Crippen LogP contribution in [0.4, 0.5) is 0 Å². The van der Waals surface area contributed by atoms with Gasteiger partial charge < -0.3 is 10.2 Å². The molecule has 1 fully saturated rings. The van der Waals surface area contributed by atoms with Crippen molar-refractivity contribution in [3.05, 3.63) is 29.3 Å². The lowest BCUT2D eigenvalue weighted by atomic mass is 10.0. The summed E-state index contributed by atoms with van der Waals surface area (Å²) in [4.78, 5) is 13.5. The third kappa shape index (κ3) is 5.41. The fourth-order valence-corrected chi connectivity index (χ4v) is 4.28. The first-order chi connectivity index (χ1) is 11.6. The van der Waals surface area contributed by atoms with Crippen LogP contribution in [-0.2, 0) is 14.8 Å². The molecule has 1 aromatic rings. The number of amides is 1. The highest BCUT2D eigenvalue weighted by molar-refractivity contribution is 7.89. The van der Waals surface area contributed by atoms with Crippen molar-refractivity contribution >= 4 is 27.5 Å². The Morgan fingerprint density at radius 2 is 1.80 bits per heavy atom. The van der Waals surface area contributed by atoms with Crippen molar-refractivity contribution in [2.75, 3.05) is 32.7 Å². The second kappa shape index (κ2) is 8.03.